The summed E-state index contributed by atoms with van der Waals surface area (Å²) in [5, 5.41) is 30.0. The maximum Gasteiger partial charge on any atom is 1.00 e. The van der Waals surface area contributed by atoms with Gasteiger partial charge in [-0.2, -0.15) is 0 Å². The number of aliphatic carboxylic acids is 1. The van der Waals surface area contributed by atoms with E-state index in [2.05, 4.69) is 11.9 Å². The van der Waals surface area contributed by atoms with Crippen LogP contribution in [0.5, 0.6) is 0 Å². The summed E-state index contributed by atoms with van der Waals surface area (Å²) in [6.45, 7) is 6.07. The molecule has 2 unspecified atom stereocenters. The van der Waals surface area contributed by atoms with Crippen LogP contribution in [0, 0.1) is 0 Å². The van der Waals surface area contributed by atoms with Gasteiger partial charge in [0.05, 0.1) is 12.6 Å². The number of aliphatic hydroxyl groups is 1. The van der Waals surface area contributed by atoms with E-state index in [4.69, 9.17) is 5.11 Å². The largest absolute Gasteiger partial charge is 1.00 e. The van der Waals surface area contributed by atoms with E-state index in [1.165, 1.54) is 6.08 Å². The second-order valence-corrected chi connectivity index (χ2v) is 5.48. The van der Waals surface area contributed by atoms with Crippen molar-refractivity contribution >= 4 is 11.9 Å². The first kappa shape index (κ1) is 24.8. The number of aliphatic hydroxyl groups excluding tert-OH is 1. The summed E-state index contributed by atoms with van der Waals surface area (Å²) in [6.07, 6.45) is 6.91. The molecule has 128 valence electrons. The van der Waals surface area contributed by atoms with Crippen LogP contribution in [0.25, 0.3) is 0 Å². The fourth-order valence-electron chi connectivity index (χ4n) is 1.98. The molecule has 0 aliphatic heterocycles. The summed E-state index contributed by atoms with van der Waals surface area (Å²) in [5.74, 6) is -1.25. The van der Waals surface area contributed by atoms with Crippen LogP contribution in [0.3, 0.4) is 0 Å². The summed E-state index contributed by atoms with van der Waals surface area (Å²) in [4.78, 5) is 16.5. The Hall–Kier alpha value is -0.400. The van der Waals surface area contributed by atoms with Crippen LogP contribution in [-0.2, 0) is 4.79 Å². The summed E-state index contributed by atoms with van der Waals surface area (Å²) < 4.78 is 0. The zero-order valence-corrected chi connectivity index (χ0v) is 16.9. The van der Waals surface area contributed by atoms with Gasteiger partial charge in [0.2, 0.25) is 0 Å². The quantitative estimate of drug-likeness (QED) is 0.187. The van der Waals surface area contributed by atoms with Crippen molar-refractivity contribution in [3.8, 4) is 0 Å². The van der Waals surface area contributed by atoms with Crippen LogP contribution < -0.4 is 34.7 Å². The third kappa shape index (κ3) is 13.7. The molecule has 0 aliphatic carbocycles. The predicted octanol–water partition coefficient (Wildman–Crippen LogP) is -1.96. The predicted molar refractivity (Wildman–Crippen MR) is 85.9 cm³/mol. The minimum atomic E-state index is -0.956. The number of rotatable bonds is 12. The van der Waals surface area contributed by atoms with Crippen molar-refractivity contribution in [3.05, 3.63) is 12.2 Å². The Morgan fingerprint density at radius 1 is 1.35 bits per heavy atom. The molecule has 0 fully saturated rings. The van der Waals surface area contributed by atoms with Crippen molar-refractivity contribution in [2.75, 3.05) is 19.6 Å². The van der Waals surface area contributed by atoms with Crippen molar-refractivity contribution in [1.29, 1.82) is 0 Å². The minimum absolute atomic E-state index is 0. The molecule has 0 saturated heterocycles. The Kier molecular flexibility index (Phi) is 16.4. The molecular formula is C16H29N2NaO4. The molecule has 0 amide bonds. The molecule has 0 bridgehead atoms. The van der Waals surface area contributed by atoms with Crippen molar-refractivity contribution in [1.82, 2.24) is 4.90 Å². The van der Waals surface area contributed by atoms with Gasteiger partial charge in [0.15, 0.2) is 0 Å². The average Bonchev–Trinajstić information content (AvgIpc) is 2.44. The van der Waals surface area contributed by atoms with Crippen molar-refractivity contribution in [2.45, 2.75) is 58.6 Å². The van der Waals surface area contributed by atoms with Gasteiger partial charge >= 0.3 is 35.5 Å². The number of hydrogen-bond acceptors (Lipinski definition) is 5. The average molecular weight is 336 g/mol. The molecule has 6 nitrogen and oxygen atoms in total. The molecule has 7 heteroatoms. The van der Waals surface area contributed by atoms with Gasteiger partial charge in [-0.1, -0.05) is 31.9 Å². The first-order valence-corrected chi connectivity index (χ1v) is 7.91. The van der Waals surface area contributed by atoms with Gasteiger partial charge in [0.25, 0.3) is 0 Å². The van der Waals surface area contributed by atoms with Gasteiger partial charge in [-0.05, 0) is 32.6 Å². The van der Waals surface area contributed by atoms with Gasteiger partial charge in [0.1, 0.15) is 6.04 Å². The van der Waals surface area contributed by atoms with E-state index in [1.807, 2.05) is 6.08 Å². The van der Waals surface area contributed by atoms with E-state index in [0.29, 0.717) is 6.54 Å². The Morgan fingerprint density at radius 2 is 2.00 bits per heavy atom. The van der Waals surface area contributed by atoms with E-state index in [9.17, 15) is 15.0 Å². The van der Waals surface area contributed by atoms with Gasteiger partial charge in [-0.25, -0.2) is 0 Å². The molecule has 0 heterocycles. The van der Waals surface area contributed by atoms with Crippen LogP contribution in [0.1, 0.15) is 46.5 Å². The number of hydrogen-bond donors (Lipinski definition) is 2. The zero-order chi connectivity index (χ0) is 17.0. The van der Waals surface area contributed by atoms with E-state index in [0.717, 1.165) is 25.7 Å². The Balaban J connectivity index is 0. The summed E-state index contributed by atoms with van der Waals surface area (Å²) in [5.41, 5.74) is 0. The number of nitrogens with zero attached hydrogens (tertiary/aromatic N) is 2. The molecule has 0 aromatic carbocycles. The fourth-order valence-corrected chi connectivity index (χ4v) is 1.98. The number of carboxylic acid groups (broad SMARTS) is 1. The Morgan fingerprint density at radius 3 is 2.52 bits per heavy atom. The maximum absolute atomic E-state index is 11.5. The van der Waals surface area contributed by atoms with Gasteiger partial charge in [-0.3, -0.25) is 14.7 Å². The zero-order valence-electron chi connectivity index (χ0n) is 14.9. The normalized spacial score (nSPS) is 14.7. The SMILES string of the molecule is CCCCC/C=C/C([O-])=NCCN(CC(C)O)C(C)C(=O)O.[Na+]. The van der Waals surface area contributed by atoms with E-state index >= 15 is 0 Å². The summed E-state index contributed by atoms with van der Waals surface area (Å²) >= 11 is 0. The topological polar surface area (TPSA) is 96.2 Å². The molecule has 0 rings (SSSR count). The van der Waals surface area contributed by atoms with Crippen molar-refractivity contribution < 1.29 is 49.7 Å². The molecule has 0 spiro atoms. The van der Waals surface area contributed by atoms with E-state index < -0.39 is 18.1 Å². The molecule has 0 aromatic rings. The molecule has 0 saturated carbocycles. The van der Waals surface area contributed by atoms with Crippen LogP contribution >= 0.6 is 0 Å². The molecule has 0 radical (unpaired) electrons. The number of unbranched alkanes of at least 4 members (excludes halogenated alkanes) is 3. The van der Waals surface area contributed by atoms with E-state index in [-0.39, 0.29) is 48.5 Å². The van der Waals surface area contributed by atoms with Gasteiger partial charge in [0, 0.05) is 13.1 Å². The molecule has 0 aliphatic rings. The number of allylic oxidation sites excluding steroid dienone is 1. The molecule has 2 N–H and O–H groups in total. The first-order chi connectivity index (χ1) is 10.4. The van der Waals surface area contributed by atoms with Crippen LogP contribution in [0.4, 0.5) is 0 Å². The standard InChI is InChI=1S/C16H30N2O4.Na/c1-4-5-6-7-8-9-15(20)17-10-11-18(12-13(2)19)14(3)16(21)22;/h8-9,13-14,19H,4-7,10-12H2,1-3H3,(H,17,20)(H,21,22);/q;+1/p-1/b9-8+;. The third-order valence-electron chi connectivity index (χ3n) is 3.29. The van der Waals surface area contributed by atoms with Crippen molar-refractivity contribution in [2.24, 2.45) is 4.99 Å². The van der Waals surface area contributed by atoms with Crippen molar-refractivity contribution in [3.63, 3.8) is 0 Å². The summed E-state index contributed by atoms with van der Waals surface area (Å²) in [6, 6.07) is -0.718. The minimum Gasteiger partial charge on any atom is -0.859 e. The molecule has 23 heavy (non-hydrogen) atoms. The number of carboxylic acids is 1. The number of carbonyl (C=O) groups is 1. The number of aliphatic imine (C=N–C) groups is 1. The molecule has 0 aromatic heterocycles. The third-order valence-corrected chi connectivity index (χ3v) is 3.29. The molecule has 2 atom stereocenters. The van der Waals surface area contributed by atoms with Gasteiger partial charge in [-0.15, -0.1) is 0 Å². The summed E-state index contributed by atoms with van der Waals surface area (Å²) in [7, 11) is 0. The van der Waals surface area contributed by atoms with Crippen LogP contribution in [0.2, 0.25) is 0 Å². The Labute approximate surface area is 161 Å². The second-order valence-electron chi connectivity index (χ2n) is 5.48. The first-order valence-electron chi connectivity index (χ1n) is 7.91. The van der Waals surface area contributed by atoms with E-state index in [1.54, 1.807) is 18.7 Å². The fraction of sp³-hybridized carbons (Fsp3) is 0.750. The Bertz CT molecular complexity index is 373. The van der Waals surface area contributed by atoms with Crippen LogP contribution in [-0.4, -0.2) is 58.8 Å². The van der Waals surface area contributed by atoms with Gasteiger partial charge < -0.3 is 15.3 Å². The smallest absolute Gasteiger partial charge is 0.859 e. The molecular weight excluding hydrogens is 307 g/mol. The van der Waals surface area contributed by atoms with Crippen LogP contribution in [0.15, 0.2) is 17.1 Å². The maximum atomic E-state index is 11.5. The monoisotopic (exact) mass is 336 g/mol. The second kappa shape index (κ2) is 15.1.